The minimum atomic E-state index is -2.02. The van der Waals surface area contributed by atoms with Crippen molar-refractivity contribution in [2.75, 3.05) is 33.0 Å². The van der Waals surface area contributed by atoms with Gasteiger partial charge in [-0.3, -0.25) is 4.79 Å². The summed E-state index contributed by atoms with van der Waals surface area (Å²) in [5.74, 6) is -0.280. The lowest BCUT2D eigenvalue weighted by molar-refractivity contribution is -0.140. The van der Waals surface area contributed by atoms with Crippen molar-refractivity contribution in [2.24, 2.45) is 11.8 Å². The monoisotopic (exact) mass is 562 g/mol. The predicted molar refractivity (Wildman–Crippen MR) is 150 cm³/mol. The SMILES string of the molecule is C=CCOC(=O)N1C[C@@H](SC(=S)[C@@H](C)[C@H]2NC(=O)[C@@H]2[C@@H](C)O[Si](C)(C)C(C)(C)C)C[C@H]1COCCF. The summed E-state index contributed by atoms with van der Waals surface area (Å²) in [6, 6.07) is -0.297. The molecule has 2 rings (SSSR count). The van der Waals surface area contributed by atoms with Crippen molar-refractivity contribution >= 4 is 48.5 Å². The van der Waals surface area contributed by atoms with Crippen molar-refractivity contribution in [2.45, 2.75) is 82.6 Å². The number of hydrogen-bond acceptors (Lipinski definition) is 7. The molecule has 11 heteroatoms. The second-order valence-corrected chi connectivity index (χ2v) is 18.0. The second-order valence-electron chi connectivity index (χ2n) is 11.2. The highest BCUT2D eigenvalue weighted by molar-refractivity contribution is 8.23. The summed E-state index contributed by atoms with van der Waals surface area (Å²) < 4.78 is 30.4. The molecule has 6 atom stereocenters. The fourth-order valence-corrected chi connectivity index (χ4v) is 7.55. The van der Waals surface area contributed by atoms with Gasteiger partial charge in [-0.05, 0) is 31.5 Å². The van der Waals surface area contributed by atoms with E-state index in [-0.39, 0.29) is 66.0 Å². The van der Waals surface area contributed by atoms with Gasteiger partial charge in [0.25, 0.3) is 0 Å². The first-order chi connectivity index (χ1) is 16.7. The Labute approximate surface area is 226 Å². The number of rotatable bonds is 12. The zero-order valence-corrected chi connectivity index (χ0v) is 25.3. The van der Waals surface area contributed by atoms with E-state index in [0.29, 0.717) is 13.0 Å². The smallest absolute Gasteiger partial charge is 0.410 e. The number of thiocarbonyl (C=S) groups is 1. The summed E-state index contributed by atoms with van der Waals surface area (Å²) in [4.78, 5) is 26.7. The van der Waals surface area contributed by atoms with Gasteiger partial charge in [0.15, 0.2) is 8.32 Å². The number of thioether (sulfide) groups is 1. The third kappa shape index (κ3) is 7.75. The Morgan fingerprint density at radius 1 is 1.39 bits per heavy atom. The van der Waals surface area contributed by atoms with Crippen molar-refractivity contribution in [1.29, 1.82) is 0 Å². The van der Waals surface area contributed by atoms with E-state index >= 15 is 0 Å². The molecule has 0 bridgehead atoms. The van der Waals surface area contributed by atoms with Crippen LogP contribution in [0.25, 0.3) is 0 Å². The average molecular weight is 563 g/mol. The van der Waals surface area contributed by atoms with Crippen LogP contribution in [-0.4, -0.2) is 85.9 Å². The number of hydrogen-bond donors (Lipinski definition) is 1. The fourth-order valence-electron chi connectivity index (χ4n) is 4.32. The van der Waals surface area contributed by atoms with Gasteiger partial charge < -0.3 is 24.1 Å². The zero-order valence-electron chi connectivity index (χ0n) is 22.7. The van der Waals surface area contributed by atoms with Crippen molar-refractivity contribution in [1.82, 2.24) is 10.2 Å². The molecular formula is C25H43FN2O5S2Si. The van der Waals surface area contributed by atoms with Crippen LogP contribution in [0.15, 0.2) is 12.7 Å². The minimum Gasteiger partial charge on any atom is -0.445 e. The van der Waals surface area contributed by atoms with E-state index < -0.39 is 21.1 Å². The molecule has 206 valence electrons. The molecule has 2 aliphatic heterocycles. The van der Waals surface area contributed by atoms with E-state index in [9.17, 15) is 14.0 Å². The van der Waals surface area contributed by atoms with E-state index in [0.717, 1.165) is 4.20 Å². The lowest BCUT2D eigenvalue weighted by atomic mass is 9.79. The molecule has 0 aromatic carbocycles. The van der Waals surface area contributed by atoms with Crippen LogP contribution in [0, 0.1) is 11.8 Å². The number of β-lactam (4-membered cyclic amide) rings is 1. The van der Waals surface area contributed by atoms with Gasteiger partial charge in [0.2, 0.25) is 5.91 Å². The van der Waals surface area contributed by atoms with Crippen LogP contribution in [0.4, 0.5) is 9.18 Å². The number of alkyl halides is 1. The highest BCUT2D eigenvalue weighted by atomic mass is 32.2. The zero-order chi connectivity index (χ0) is 27.3. The van der Waals surface area contributed by atoms with Crippen molar-refractivity contribution in [3.63, 3.8) is 0 Å². The van der Waals surface area contributed by atoms with Gasteiger partial charge in [0.05, 0.1) is 41.5 Å². The molecule has 2 saturated heterocycles. The number of amides is 2. The maximum atomic E-state index is 12.5. The first-order valence-corrected chi connectivity index (χ1v) is 16.8. The second kappa shape index (κ2) is 13.2. The Hall–Kier alpha value is -1.01. The van der Waals surface area contributed by atoms with Gasteiger partial charge in [-0.1, -0.05) is 52.6 Å². The average Bonchev–Trinajstić information content (AvgIpc) is 3.16. The number of ether oxygens (including phenoxy) is 2. The van der Waals surface area contributed by atoms with Gasteiger partial charge in [-0.25, -0.2) is 9.18 Å². The first kappa shape index (κ1) is 31.2. The maximum absolute atomic E-state index is 12.5. The summed E-state index contributed by atoms with van der Waals surface area (Å²) in [7, 11) is -2.02. The largest absolute Gasteiger partial charge is 0.445 e. The summed E-state index contributed by atoms with van der Waals surface area (Å²) in [6.45, 7) is 18.8. The molecule has 2 heterocycles. The van der Waals surface area contributed by atoms with Crippen LogP contribution in [0.2, 0.25) is 18.1 Å². The van der Waals surface area contributed by atoms with Crippen LogP contribution >= 0.6 is 24.0 Å². The number of likely N-dealkylation sites (tertiary alicyclic amines) is 1. The van der Waals surface area contributed by atoms with Gasteiger partial charge in [0.1, 0.15) is 13.3 Å². The van der Waals surface area contributed by atoms with Crippen molar-refractivity contribution in [3.8, 4) is 0 Å². The molecule has 2 fully saturated rings. The van der Waals surface area contributed by atoms with Crippen molar-refractivity contribution in [3.05, 3.63) is 12.7 Å². The third-order valence-electron chi connectivity index (χ3n) is 7.45. The Morgan fingerprint density at radius 3 is 2.61 bits per heavy atom. The molecule has 0 spiro atoms. The topological polar surface area (TPSA) is 77.1 Å². The molecule has 36 heavy (non-hydrogen) atoms. The third-order valence-corrected chi connectivity index (χ3v) is 14.0. The van der Waals surface area contributed by atoms with Gasteiger partial charge in [-0.15, -0.1) is 11.8 Å². The minimum absolute atomic E-state index is 0.00278. The quantitative estimate of drug-likeness (QED) is 0.118. The Kier molecular flexibility index (Phi) is 11.4. The Morgan fingerprint density at radius 2 is 2.06 bits per heavy atom. The summed E-state index contributed by atoms with van der Waals surface area (Å²) >= 11 is 7.37. The number of halogens is 1. The highest BCUT2D eigenvalue weighted by Gasteiger charge is 2.50. The molecule has 0 aliphatic carbocycles. The molecule has 7 nitrogen and oxygen atoms in total. The number of carbonyl (C=O) groups is 2. The molecule has 0 aromatic rings. The molecule has 2 amide bonds. The lowest BCUT2D eigenvalue weighted by Gasteiger charge is -2.47. The van der Waals surface area contributed by atoms with Crippen LogP contribution in [0.1, 0.15) is 41.0 Å². The lowest BCUT2D eigenvalue weighted by Crippen LogP contribution is -2.66. The molecular weight excluding hydrogens is 520 g/mol. The van der Waals surface area contributed by atoms with Crippen LogP contribution < -0.4 is 5.32 Å². The maximum Gasteiger partial charge on any atom is 0.410 e. The normalized spacial score (nSPS) is 26.1. The first-order valence-electron chi connectivity index (χ1n) is 12.6. The van der Waals surface area contributed by atoms with E-state index in [1.165, 1.54) is 6.08 Å². The van der Waals surface area contributed by atoms with E-state index in [1.807, 2.05) is 13.8 Å². The van der Waals surface area contributed by atoms with E-state index in [4.69, 9.17) is 26.1 Å². The van der Waals surface area contributed by atoms with Gasteiger partial charge in [0, 0.05) is 17.7 Å². The standard InChI is InChI=1S/C25H43FN2O5S2Si/c1-9-11-32-24(30)28-14-19(13-18(28)15-31-12-10-26)35-23(34)16(2)21-20(22(29)27-21)17(3)33-36(7,8)25(4,5)6/h9,16-21H,1,10-15H2,2-8H3,(H,27,29)/t16-,17+,18-,19-,20+,21+/m0/s1. The summed E-state index contributed by atoms with van der Waals surface area (Å²) in [5, 5.41) is 3.16. The molecule has 0 aromatic heterocycles. The molecule has 0 unspecified atom stereocenters. The molecule has 1 N–H and O–H groups in total. The number of carbonyl (C=O) groups excluding carboxylic acids is 2. The molecule has 0 saturated carbocycles. The van der Waals surface area contributed by atoms with Crippen LogP contribution in [0.5, 0.6) is 0 Å². The van der Waals surface area contributed by atoms with Gasteiger partial charge in [-0.2, -0.15) is 0 Å². The Bertz CT molecular complexity index is 810. The molecule has 0 radical (unpaired) electrons. The summed E-state index contributed by atoms with van der Waals surface area (Å²) in [5.41, 5.74) is 0. The van der Waals surface area contributed by atoms with E-state index in [2.05, 4.69) is 45.8 Å². The number of nitrogens with one attached hydrogen (secondary N) is 1. The Balaban J connectivity index is 2.00. The predicted octanol–water partition coefficient (Wildman–Crippen LogP) is 4.96. The van der Waals surface area contributed by atoms with Gasteiger partial charge >= 0.3 is 6.09 Å². The number of nitrogens with zero attached hydrogens (tertiary/aromatic N) is 1. The van der Waals surface area contributed by atoms with Crippen LogP contribution in [0.3, 0.4) is 0 Å². The molecule has 2 aliphatic rings. The van der Waals surface area contributed by atoms with Crippen molar-refractivity contribution < 1.29 is 27.9 Å². The highest BCUT2D eigenvalue weighted by Crippen LogP contribution is 2.40. The summed E-state index contributed by atoms with van der Waals surface area (Å²) in [6.07, 6.45) is 1.55. The van der Waals surface area contributed by atoms with Crippen LogP contribution in [-0.2, 0) is 18.7 Å². The van der Waals surface area contributed by atoms with E-state index in [1.54, 1.807) is 16.7 Å². The fraction of sp³-hybridized carbons (Fsp3) is 0.800.